The first-order valence-corrected chi connectivity index (χ1v) is 7.34. The molecule has 112 valence electrons. The van der Waals surface area contributed by atoms with E-state index in [1.165, 1.54) is 0 Å². The molecule has 2 bridgehead atoms. The first kappa shape index (κ1) is 14.1. The molecular weight excluding hydrogens is 266 g/mol. The van der Waals surface area contributed by atoms with Crippen LogP contribution in [0.15, 0.2) is 24.3 Å². The van der Waals surface area contributed by atoms with Gasteiger partial charge in [-0.3, -0.25) is 9.59 Å². The number of carbonyl (C=O) groups is 2. The molecule has 1 heterocycles. The summed E-state index contributed by atoms with van der Waals surface area (Å²) in [6, 6.07) is 7.61. The minimum absolute atomic E-state index is 0.217. The van der Waals surface area contributed by atoms with Crippen molar-refractivity contribution in [3.63, 3.8) is 0 Å². The lowest BCUT2D eigenvalue weighted by Gasteiger charge is -2.35. The third-order valence-electron chi connectivity index (χ3n) is 5.76. The Morgan fingerprint density at radius 2 is 1.76 bits per heavy atom. The summed E-state index contributed by atoms with van der Waals surface area (Å²) < 4.78 is 5.57. The molecule has 2 fully saturated rings. The second-order valence-corrected chi connectivity index (χ2v) is 6.99. The molecule has 0 spiro atoms. The third-order valence-corrected chi connectivity index (χ3v) is 5.76. The van der Waals surface area contributed by atoms with Crippen molar-refractivity contribution >= 4 is 17.6 Å². The van der Waals surface area contributed by atoms with E-state index in [0.717, 1.165) is 11.3 Å². The van der Waals surface area contributed by atoms with E-state index in [1.807, 2.05) is 52.0 Å². The molecule has 2 aliphatic rings. The average Bonchev–Trinajstić information content (AvgIpc) is 2.72. The number of hydrogen-bond acceptors (Lipinski definition) is 3. The van der Waals surface area contributed by atoms with Crippen molar-refractivity contribution in [1.29, 1.82) is 0 Å². The highest BCUT2D eigenvalue weighted by atomic mass is 16.6. The SMILES string of the molecule is Cc1ccc(NC(=O)C23CCC(C)(C(=O)O2)C3(C)C)cc1. The third kappa shape index (κ3) is 1.62. The van der Waals surface area contributed by atoms with Crippen LogP contribution in [-0.4, -0.2) is 17.5 Å². The van der Waals surface area contributed by atoms with Gasteiger partial charge in [0.05, 0.1) is 5.41 Å². The van der Waals surface area contributed by atoms with Crippen molar-refractivity contribution in [2.24, 2.45) is 10.8 Å². The van der Waals surface area contributed by atoms with Crippen LogP contribution in [-0.2, 0) is 14.3 Å². The number of esters is 1. The van der Waals surface area contributed by atoms with Crippen LogP contribution in [0.2, 0.25) is 0 Å². The molecule has 0 aromatic heterocycles. The van der Waals surface area contributed by atoms with Gasteiger partial charge in [-0.2, -0.15) is 0 Å². The maximum Gasteiger partial charge on any atom is 0.313 e. The largest absolute Gasteiger partial charge is 0.448 e. The van der Waals surface area contributed by atoms with Crippen LogP contribution < -0.4 is 5.32 Å². The number of anilines is 1. The minimum atomic E-state index is -1.05. The Labute approximate surface area is 124 Å². The molecule has 2 atom stereocenters. The monoisotopic (exact) mass is 287 g/mol. The van der Waals surface area contributed by atoms with E-state index >= 15 is 0 Å². The Morgan fingerprint density at radius 3 is 2.24 bits per heavy atom. The van der Waals surface area contributed by atoms with Gasteiger partial charge in [0.1, 0.15) is 0 Å². The van der Waals surface area contributed by atoms with Crippen molar-refractivity contribution in [2.75, 3.05) is 5.32 Å². The number of ether oxygens (including phenoxy) is 1. The summed E-state index contributed by atoms with van der Waals surface area (Å²) in [4.78, 5) is 25.0. The Kier molecular flexibility index (Phi) is 2.75. The number of hydrogen-bond donors (Lipinski definition) is 1. The van der Waals surface area contributed by atoms with E-state index in [1.54, 1.807) is 0 Å². The molecule has 2 unspecified atom stereocenters. The fraction of sp³-hybridized carbons (Fsp3) is 0.529. The number of benzene rings is 1. The first-order valence-electron chi connectivity index (χ1n) is 7.34. The zero-order valence-corrected chi connectivity index (χ0v) is 12.9. The van der Waals surface area contributed by atoms with E-state index in [4.69, 9.17) is 4.74 Å². The van der Waals surface area contributed by atoms with Gasteiger partial charge >= 0.3 is 5.97 Å². The second-order valence-electron chi connectivity index (χ2n) is 6.99. The smallest absolute Gasteiger partial charge is 0.313 e. The topological polar surface area (TPSA) is 55.4 Å². The molecule has 3 rings (SSSR count). The van der Waals surface area contributed by atoms with Crippen LogP contribution in [0.1, 0.15) is 39.2 Å². The second kappa shape index (κ2) is 4.09. The molecule has 0 radical (unpaired) electrons. The minimum Gasteiger partial charge on any atom is -0.448 e. The Morgan fingerprint density at radius 1 is 1.14 bits per heavy atom. The van der Waals surface area contributed by atoms with Gasteiger partial charge in [-0.1, -0.05) is 31.5 Å². The van der Waals surface area contributed by atoms with Crippen LogP contribution in [0, 0.1) is 17.8 Å². The van der Waals surface area contributed by atoms with Gasteiger partial charge < -0.3 is 10.1 Å². The molecule has 4 nitrogen and oxygen atoms in total. The van der Waals surface area contributed by atoms with Crippen molar-refractivity contribution in [3.8, 4) is 0 Å². The van der Waals surface area contributed by atoms with E-state index in [-0.39, 0.29) is 11.9 Å². The molecule has 1 N–H and O–H groups in total. The fourth-order valence-corrected chi connectivity index (χ4v) is 3.62. The predicted octanol–water partition coefficient (Wildman–Crippen LogP) is 3.06. The molecule has 1 amide bonds. The van der Waals surface area contributed by atoms with Gasteiger partial charge in [-0.15, -0.1) is 0 Å². The molecule has 1 saturated carbocycles. The Hall–Kier alpha value is -1.84. The maximum atomic E-state index is 12.8. The number of fused-ring (bicyclic) bond motifs is 2. The summed E-state index contributed by atoms with van der Waals surface area (Å²) in [5, 5.41) is 2.91. The van der Waals surface area contributed by atoms with Crippen molar-refractivity contribution in [2.45, 2.75) is 46.1 Å². The van der Waals surface area contributed by atoms with Gasteiger partial charge in [0, 0.05) is 11.1 Å². The number of amides is 1. The summed E-state index contributed by atoms with van der Waals surface area (Å²) in [6.07, 6.45) is 1.28. The van der Waals surface area contributed by atoms with E-state index < -0.39 is 16.4 Å². The fourth-order valence-electron chi connectivity index (χ4n) is 3.62. The summed E-state index contributed by atoms with van der Waals surface area (Å²) in [5.41, 5.74) is -0.271. The first-order chi connectivity index (χ1) is 9.73. The van der Waals surface area contributed by atoms with E-state index in [2.05, 4.69) is 5.32 Å². The zero-order valence-electron chi connectivity index (χ0n) is 12.9. The highest BCUT2D eigenvalue weighted by molar-refractivity contribution is 6.03. The highest BCUT2D eigenvalue weighted by Crippen LogP contribution is 2.65. The van der Waals surface area contributed by atoms with Crippen molar-refractivity contribution < 1.29 is 14.3 Å². The Balaban J connectivity index is 1.91. The lowest BCUT2D eigenvalue weighted by atomic mass is 9.66. The molecular formula is C17H21NO3. The summed E-state index contributed by atoms with van der Waals surface area (Å²) in [5.74, 6) is -0.469. The molecule has 4 heteroatoms. The van der Waals surface area contributed by atoms with Gasteiger partial charge in [0.2, 0.25) is 0 Å². The zero-order chi connectivity index (χ0) is 15.5. The van der Waals surface area contributed by atoms with Gasteiger partial charge in [-0.25, -0.2) is 0 Å². The normalized spacial score (nSPS) is 32.9. The summed E-state index contributed by atoms with van der Waals surface area (Å²) in [6.45, 7) is 7.82. The quantitative estimate of drug-likeness (QED) is 0.851. The number of rotatable bonds is 2. The van der Waals surface area contributed by atoms with Gasteiger partial charge in [0.15, 0.2) is 5.60 Å². The molecule has 1 aromatic carbocycles. The summed E-state index contributed by atoms with van der Waals surface area (Å²) >= 11 is 0. The van der Waals surface area contributed by atoms with Crippen LogP contribution >= 0.6 is 0 Å². The van der Waals surface area contributed by atoms with Gasteiger partial charge in [-0.05, 0) is 38.8 Å². The van der Waals surface area contributed by atoms with Crippen molar-refractivity contribution in [3.05, 3.63) is 29.8 Å². The highest BCUT2D eigenvalue weighted by Gasteiger charge is 2.75. The number of aryl methyl sites for hydroxylation is 1. The number of carbonyl (C=O) groups excluding carboxylic acids is 2. The van der Waals surface area contributed by atoms with E-state index in [9.17, 15) is 9.59 Å². The van der Waals surface area contributed by atoms with E-state index in [0.29, 0.717) is 12.8 Å². The van der Waals surface area contributed by atoms with Gasteiger partial charge in [0.25, 0.3) is 5.91 Å². The van der Waals surface area contributed by atoms with Crippen LogP contribution in [0.3, 0.4) is 0 Å². The molecule has 1 aromatic rings. The molecule has 1 aliphatic carbocycles. The van der Waals surface area contributed by atoms with Crippen LogP contribution in [0.25, 0.3) is 0 Å². The van der Waals surface area contributed by atoms with Crippen molar-refractivity contribution in [1.82, 2.24) is 0 Å². The summed E-state index contributed by atoms with van der Waals surface area (Å²) in [7, 11) is 0. The molecule has 21 heavy (non-hydrogen) atoms. The average molecular weight is 287 g/mol. The Bertz CT molecular complexity index is 619. The molecule has 1 aliphatic heterocycles. The predicted molar refractivity (Wildman–Crippen MR) is 79.8 cm³/mol. The maximum absolute atomic E-state index is 12.8. The number of nitrogens with one attached hydrogen (secondary N) is 1. The standard InChI is InChI=1S/C17H21NO3/c1-11-5-7-12(8-6-11)18-13(19)17-10-9-16(4,14(20)21-17)15(17,2)3/h5-8H,9-10H2,1-4H3,(H,18,19). The van der Waals surface area contributed by atoms with Crippen LogP contribution in [0.4, 0.5) is 5.69 Å². The van der Waals surface area contributed by atoms with Crippen LogP contribution in [0.5, 0.6) is 0 Å². The lowest BCUT2D eigenvalue weighted by Crippen LogP contribution is -2.50. The lowest BCUT2D eigenvalue weighted by molar-refractivity contribution is -0.165. The molecule has 1 saturated heterocycles.